The second-order valence-electron chi connectivity index (χ2n) is 3.52. The summed E-state index contributed by atoms with van der Waals surface area (Å²) in [4.78, 5) is 16.7. The third-order valence-electron chi connectivity index (χ3n) is 2.62. The first-order valence-corrected chi connectivity index (χ1v) is 4.88. The van der Waals surface area contributed by atoms with Crippen molar-refractivity contribution in [2.45, 2.75) is 5.66 Å². The summed E-state index contributed by atoms with van der Waals surface area (Å²) >= 11 is 0. The molecule has 5 heteroatoms. The molecule has 0 amide bonds. The summed E-state index contributed by atoms with van der Waals surface area (Å²) in [5, 5.41) is 0. The number of amidine groups is 1. The zero-order valence-electron chi connectivity index (χ0n) is 8.41. The van der Waals surface area contributed by atoms with Gasteiger partial charge in [0.15, 0.2) is 5.84 Å². The van der Waals surface area contributed by atoms with Crippen LogP contribution in [0.5, 0.6) is 0 Å². The second-order valence-corrected chi connectivity index (χ2v) is 3.52. The van der Waals surface area contributed by atoms with E-state index >= 15 is 0 Å². The third-order valence-corrected chi connectivity index (χ3v) is 2.62. The van der Waals surface area contributed by atoms with Crippen LogP contribution in [0, 0.1) is 0 Å². The molecule has 2 heterocycles. The molecule has 0 saturated heterocycles. The van der Waals surface area contributed by atoms with E-state index in [4.69, 9.17) is 5.73 Å². The van der Waals surface area contributed by atoms with Crippen molar-refractivity contribution in [3.05, 3.63) is 35.9 Å². The van der Waals surface area contributed by atoms with Crippen LogP contribution < -0.4 is 5.73 Å². The number of benzene rings is 1. The first-order valence-electron chi connectivity index (χ1n) is 4.88. The second kappa shape index (κ2) is 3.10. The van der Waals surface area contributed by atoms with Gasteiger partial charge in [-0.3, -0.25) is 0 Å². The maximum atomic E-state index is 5.79. The van der Waals surface area contributed by atoms with Crippen LogP contribution in [0.1, 0.15) is 5.56 Å². The van der Waals surface area contributed by atoms with Gasteiger partial charge in [0.1, 0.15) is 18.4 Å². The number of hydrogen-bond donors (Lipinski definition) is 1. The highest BCUT2D eigenvalue weighted by molar-refractivity contribution is 6.47. The van der Waals surface area contributed by atoms with Gasteiger partial charge in [0, 0.05) is 5.56 Å². The van der Waals surface area contributed by atoms with Crippen molar-refractivity contribution in [2.75, 3.05) is 0 Å². The predicted molar refractivity (Wildman–Crippen MR) is 64.2 cm³/mol. The highest BCUT2D eigenvalue weighted by Gasteiger charge is 2.42. The minimum absolute atomic E-state index is 0.372. The van der Waals surface area contributed by atoms with Crippen LogP contribution in [0.4, 0.5) is 0 Å². The Morgan fingerprint density at radius 1 is 0.938 bits per heavy atom. The standard InChI is InChI=1S/C11H9N5/c12-10-9-11(15-6-13-9,16-7-14-10)8-4-2-1-3-5-8/h1-7H,(H2,12,14,16). The van der Waals surface area contributed by atoms with E-state index in [0.29, 0.717) is 11.5 Å². The van der Waals surface area contributed by atoms with Crippen molar-refractivity contribution in [1.29, 1.82) is 0 Å². The molecule has 0 bridgehead atoms. The van der Waals surface area contributed by atoms with E-state index in [0.717, 1.165) is 5.56 Å². The number of rotatable bonds is 1. The molecule has 0 fully saturated rings. The summed E-state index contributed by atoms with van der Waals surface area (Å²) in [7, 11) is 0. The maximum absolute atomic E-state index is 5.79. The molecule has 0 saturated carbocycles. The molecule has 0 aliphatic carbocycles. The van der Waals surface area contributed by atoms with E-state index in [1.807, 2.05) is 30.3 Å². The van der Waals surface area contributed by atoms with E-state index < -0.39 is 5.66 Å². The van der Waals surface area contributed by atoms with Crippen molar-refractivity contribution < 1.29 is 0 Å². The molecular formula is C11H9N5. The van der Waals surface area contributed by atoms with E-state index in [1.165, 1.54) is 12.7 Å². The smallest absolute Gasteiger partial charge is 0.225 e. The fraction of sp³-hybridized carbons (Fsp3) is 0.0909. The molecule has 1 aromatic carbocycles. The SMILES string of the molecule is NC1=NC=NC2(c3ccccc3)N=CN=C12. The number of fused-ring (bicyclic) bond motifs is 1. The minimum atomic E-state index is -0.812. The summed E-state index contributed by atoms with van der Waals surface area (Å²) in [5.41, 5.74) is 6.52. The largest absolute Gasteiger partial charge is 0.382 e. The average molecular weight is 211 g/mol. The molecule has 2 N–H and O–H groups in total. The van der Waals surface area contributed by atoms with Gasteiger partial charge in [-0.25, -0.2) is 20.0 Å². The lowest BCUT2D eigenvalue weighted by Gasteiger charge is -2.25. The summed E-state index contributed by atoms with van der Waals surface area (Å²) in [6.45, 7) is 0. The van der Waals surface area contributed by atoms with Gasteiger partial charge in [-0.05, 0) is 0 Å². The van der Waals surface area contributed by atoms with Gasteiger partial charge in [-0.2, -0.15) is 0 Å². The third kappa shape index (κ3) is 1.05. The molecule has 1 unspecified atom stereocenters. The maximum Gasteiger partial charge on any atom is 0.225 e. The fourth-order valence-corrected chi connectivity index (χ4v) is 1.85. The molecule has 1 atom stereocenters. The summed E-state index contributed by atoms with van der Waals surface area (Å²) < 4.78 is 0. The number of hydrogen-bond acceptors (Lipinski definition) is 5. The number of aliphatic imine (C=N–C) groups is 4. The van der Waals surface area contributed by atoms with Gasteiger partial charge < -0.3 is 5.73 Å². The molecule has 0 radical (unpaired) electrons. The normalized spacial score (nSPS) is 26.2. The van der Waals surface area contributed by atoms with Gasteiger partial charge in [-0.1, -0.05) is 30.3 Å². The van der Waals surface area contributed by atoms with Crippen molar-refractivity contribution in [3.8, 4) is 0 Å². The lowest BCUT2D eigenvalue weighted by molar-refractivity contribution is 0.663. The molecule has 78 valence electrons. The first kappa shape index (κ1) is 8.96. The predicted octanol–water partition coefficient (Wildman–Crippen LogP) is 0.721. The van der Waals surface area contributed by atoms with E-state index in [-0.39, 0.29) is 0 Å². The highest BCUT2D eigenvalue weighted by atomic mass is 15.2. The van der Waals surface area contributed by atoms with Crippen LogP contribution in [0.2, 0.25) is 0 Å². The first-order chi connectivity index (χ1) is 7.83. The summed E-state index contributed by atoms with van der Waals surface area (Å²) in [6, 6.07) is 9.72. The zero-order valence-corrected chi connectivity index (χ0v) is 8.41. The fourth-order valence-electron chi connectivity index (χ4n) is 1.85. The average Bonchev–Trinajstić information content (AvgIpc) is 2.77. The van der Waals surface area contributed by atoms with Crippen molar-refractivity contribution in [2.24, 2.45) is 25.7 Å². The Balaban J connectivity index is 2.20. The lowest BCUT2D eigenvalue weighted by Crippen LogP contribution is -2.41. The van der Waals surface area contributed by atoms with Crippen LogP contribution in [-0.4, -0.2) is 24.2 Å². The van der Waals surface area contributed by atoms with Crippen LogP contribution in [-0.2, 0) is 5.66 Å². The monoisotopic (exact) mass is 211 g/mol. The molecule has 1 aromatic rings. The number of nitrogens with two attached hydrogens (primary N) is 1. The van der Waals surface area contributed by atoms with E-state index in [1.54, 1.807) is 0 Å². The lowest BCUT2D eigenvalue weighted by atomic mass is 9.94. The zero-order chi connectivity index (χ0) is 11.0. The Labute approximate surface area is 92.2 Å². The molecular weight excluding hydrogens is 202 g/mol. The van der Waals surface area contributed by atoms with Crippen LogP contribution in [0.3, 0.4) is 0 Å². The van der Waals surface area contributed by atoms with E-state index in [9.17, 15) is 0 Å². The van der Waals surface area contributed by atoms with Crippen molar-refractivity contribution in [1.82, 2.24) is 0 Å². The molecule has 0 spiro atoms. The number of nitrogens with zero attached hydrogens (tertiary/aromatic N) is 4. The Morgan fingerprint density at radius 2 is 1.62 bits per heavy atom. The van der Waals surface area contributed by atoms with E-state index in [2.05, 4.69) is 20.0 Å². The van der Waals surface area contributed by atoms with Crippen LogP contribution in [0.25, 0.3) is 0 Å². The Hall–Kier alpha value is -2.30. The van der Waals surface area contributed by atoms with Crippen LogP contribution in [0.15, 0.2) is 50.3 Å². The highest BCUT2D eigenvalue weighted by Crippen LogP contribution is 2.33. The molecule has 16 heavy (non-hydrogen) atoms. The molecule has 3 rings (SSSR count). The molecule has 2 aliphatic heterocycles. The molecule has 5 nitrogen and oxygen atoms in total. The van der Waals surface area contributed by atoms with Crippen LogP contribution >= 0.6 is 0 Å². The Kier molecular flexibility index (Phi) is 1.73. The molecule has 0 aromatic heterocycles. The Bertz CT molecular complexity index is 541. The minimum Gasteiger partial charge on any atom is -0.382 e. The molecule has 2 aliphatic rings. The van der Waals surface area contributed by atoms with Gasteiger partial charge in [0.05, 0.1) is 0 Å². The van der Waals surface area contributed by atoms with Gasteiger partial charge in [-0.15, -0.1) is 0 Å². The summed E-state index contributed by atoms with van der Waals surface area (Å²) in [5.74, 6) is 0.372. The Morgan fingerprint density at radius 3 is 2.38 bits per heavy atom. The van der Waals surface area contributed by atoms with Gasteiger partial charge in [0.25, 0.3) is 0 Å². The quantitative estimate of drug-likeness (QED) is 0.730. The topological polar surface area (TPSA) is 75.5 Å². The van der Waals surface area contributed by atoms with Crippen molar-refractivity contribution in [3.63, 3.8) is 0 Å². The van der Waals surface area contributed by atoms with Gasteiger partial charge in [0.2, 0.25) is 5.66 Å². The van der Waals surface area contributed by atoms with Crippen molar-refractivity contribution >= 4 is 24.2 Å². The van der Waals surface area contributed by atoms with Gasteiger partial charge >= 0.3 is 0 Å². The summed E-state index contributed by atoms with van der Waals surface area (Å²) in [6.07, 6.45) is 2.91.